The summed E-state index contributed by atoms with van der Waals surface area (Å²) in [5.74, 6) is 0.0845. The first-order valence-electron chi connectivity index (χ1n) is 8.44. The summed E-state index contributed by atoms with van der Waals surface area (Å²) < 4.78 is 6.43. The van der Waals surface area contributed by atoms with Crippen molar-refractivity contribution in [3.63, 3.8) is 0 Å². The van der Waals surface area contributed by atoms with Crippen molar-refractivity contribution in [3.05, 3.63) is 35.4 Å². The van der Waals surface area contributed by atoms with E-state index in [4.69, 9.17) is 4.74 Å². The molecule has 4 fully saturated rings. The standard InChI is InChI=1S/C19H20O3/c1-15(2)18(21)12-6-4-3-5-11(12)13(20)14-16(7-8-16)17(9-10-17)19(14,18)22-15/h3-6,14,21H,7-10H2,1-2H3/t14-,18+,19+/m0/s1. The first-order chi connectivity index (χ1) is 10.4. The largest absolute Gasteiger partial charge is 0.379 e. The maximum absolute atomic E-state index is 13.2. The third kappa shape index (κ3) is 0.774. The van der Waals surface area contributed by atoms with Crippen LogP contribution in [0.4, 0.5) is 0 Å². The highest BCUT2D eigenvalue weighted by molar-refractivity contribution is 6.05. The summed E-state index contributed by atoms with van der Waals surface area (Å²) >= 11 is 0. The SMILES string of the molecule is CC1(C)O[C@@]23[C@@H](C(=O)c4ccccc4[C@@]12O)C1(CC1)C31CC1. The van der Waals surface area contributed by atoms with E-state index < -0.39 is 16.8 Å². The second-order valence-electron chi connectivity index (χ2n) is 8.64. The molecule has 1 aromatic carbocycles. The summed E-state index contributed by atoms with van der Waals surface area (Å²) in [4.78, 5) is 13.2. The van der Waals surface area contributed by atoms with Crippen molar-refractivity contribution in [2.24, 2.45) is 16.7 Å². The van der Waals surface area contributed by atoms with Crippen LogP contribution in [0, 0.1) is 16.7 Å². The molecular weight excluding hydrogens is 276 g/mol. The first-order valence-corrected chi connectivity index (χ1v) is 8.44. The molecule has 3 nitrogen and oxygen atoms in total. The summed E-state index contributed by atoms with van der Waals surface area (Å²) in [6.45, 7) is 3.94. The van der Waals surface area contributed by atoms with Gasteiger partial charge in [-0.05, 0) is 44.9 Å². The Morgan fingerprint density at radius 3 is 2.41 bits per heavy atom. The van der Waals surface area contributed by atoms with Crippen molar-refractivity contribution in [2.75, 3.05) is 0 Å². The van der Waals surface area contributed by atoms with Crippen molar-refractivity contribution in [1.29, 1.82) is 0 Å². The topological polar surface area (TPSA) is 46.5 Å². The van der Waals surface area contributed by atoms with Crippen molar-refractivity contribution in [2.45, 2.75) is 56.3 Å². The number of Topliss-reactive ketones (excluding diaryl/α,β-unsaturated/α-hetero) is 1. The fourth-order valence-corrected chi connectivity index (χ4v) is 6.92. The van der Waals surface area contributed by atoms with Gasteiger partial charge in [-0.25, -0.2) is 0 Å². The normalized spacial score (nSPS) is 46.1. The molecule has 0 radical (unpaired) electrons. The third-order valence-corrected chi connectivity index (χ3v) is 7.83. The molecule has 0 aromatic heterocycles. The number of ether oxygens (including phenoxy) is 1. The van der Waals surface area contributed by atoms with Crippen LogP contribution in [0.2, 0.25) is 0 Å². The Labute approximate surface area is 129 Å². The van der Waals surface area contributed by atoms with E-state index in [0.717, 1.165) is 36.8 Å². The van der Waals surface area contributed by atoms with Crippen LogP contribution >= 0.6 is 0 Å². The molecule has 1 aromatic rings. The molecule has 1 saturated heterocycles. The van der Waals surface area contributed by atoms with Crippen LogP contribution in [0.5, 0.6) is 0 Å². The molecule has 6 rings (SSSR count). The van der Waals surface area contributed by atoms with E-state index in [1.165, 1.54) is 0 Å². The summed E-state index contributed by atoms with van der Waals surface area (Å²) in [6, 6.07) is 7.66. The lowest BCUT2D eigenvalue weighted by Crippen LogP contribution is -2.92. The number of benzene rings is 1. The highest BCUT2D eigenvalue weighted by atomic mass is 16.6. The average Bonchev–Trinajstić information content (AvgIpc) is 3.36. The lowest BCUT2D eigenvalue weighted by Gasteiger charge is -2.80. The number of rotatable bonds is 0. The van der Waals surface area contributed by atoms with Crippen LogP contribution in [0.15, 0.2) is 24.3 Å². The van der Waals surface area contributed by atoms with Gasteiger partial charge in [0.1, 0.15) is 11.2 Å². The van der Waals surface area contributed by atoms with Crippen molar-refractivity contribution in [3.8, 4) is 0 Å². The highest BCUT2D eigenvalue weighted by Crippen LogP contribution is 2.95. The highest BCUT2D eigenvalue weighted by Gasteiger charge is 3.00. The Kier molecular flexibility index (Phi) is 1.57. The van der Waals surface area contributed by atoms with Gasteiger partial charge in [0.05, 0.1) is 11.5 Å². The van der Waals surface area contributed by atoms with Crippen LogP contribution in [0.1, 0.15) is 55.5 Å². The Morgan fingerprint density at radius 2 is 1.82 bits per heavy atom. The number of hydrogen-bond donors (Lipinski definition) is 1. The summed E-state index contributed by atoms with van der Waals surface area (Å²) in [7, 11) is 0. The van der Waals surface area contributed by atoms with Crippen molar-refractivity contribution >= 4 is 5.78 Å². The Balaban J connectivity index is 1.70. The maximum atomic E-state index is 13.2. The molecule has 3 heteroatoms. The molecule has 0 bridgehead atoms. The fraction of sp³-hybridized carbons (Fsp3) is 0.632. The maximum Gasteiger partial charge on any atom is 0.169 e. The van der Waals surface area contributed by atoms with Crippen LogP contribution in [0.3, 0.4) is 0 Å². The van der Waals surface area contributed by atoms with Gasteiger partial charge >= 0.3 is 0 Å². The molecule has 114 valence electrons. The van der Waals surface area contributed by atoms with E-state index in [1.54, 1.807) is 0 Å². The summed E-state index contributed by atoms with van der Waals surface area (Å²) in [5.41, 5.74) is -0.572. The zero-order chi connectivity index (χ0) is 15.2. The fourth-order valence-electron chi connectivity index (χ4n) is 6.92. The summed E-state index contributed by atoms with van der Waals surface area (Å²) in [6.07, 6.45) is 4.48. The molecule has 1 heterocycles. The van der Waals surface area contributed by atoms with Gasteiger partial charge in [0, 0.05) is 16.5 Å². The monoisotopic (exact) mass is 296 g/mol. The van der Waals surface area contributed by atoms with E-state index >= 15 is 0 Å². The van der Waals surface area contributed by atoms with Crippen LogP contribution in [-0.2, 0) is 10.3 Å². The minimum Gasteiger partial charge on any atom is -0.379 e. The number of carbonyl (C=O) groups is 1. The average molecular weight is 296 g/mol. The van der Waals surface area contributed by atoms with E-state index in [9.17, 15) is 9.90 Å². The van der Waals surface area contributed by atoms with Gasteiger partial charge in [-0.15, -0.1) is 0 Å². The minimum absolute atomic E-state index is 0.0676. The number of aliphatic hydroxyl groups is 1. The molecule has 1 N–H and O–H groups in total. The number of fused-ring (bicyclic) bond motifs is 4. The molecular formula is C19H20O3. The first kappa shape index (κ1) is 12.3. The van der Waals surface area contributed by atoms with E-state index in [0.29, 0.717) is 0 Å². The number of carbonyl (C=O) groups excluding carboxylic acids is 1. The van der Waals surface area contributed by atoms with Crippen LogP contribution in [0.25, 0.3) is 0 Å². The van der Waals surface area contributed by atoms with E-state index in [2.05, 4.69) is 0 Å². The molecule has 0 amide bonds. The summed E-state index contributed by atoms with van der Waals surface area (Å²) in [5, 5.41) is 11.9. The van der Waals surface area contributed by atoms with Crippen molar-refractivity contribution < 1.29 is 14.6 Å². The second kappa shape index (κ2) is 2.83. The predicted molar refractivity (Wildman–Crippen MR) is 79.4 cm³/mol. The van der Waals surface area contributed by atoms with E-state index in [-0.39, 0.29) is 22.5 Å². The molecule has 5 aliphatic rings. The van der Waals surface area contributed by atoms with Crippen LogP contribution < -0.4 is 0 Å². The second-order valence-corrected chi connectivity index (χ2v) is 8.64. The van der Waals surface area contributed by atoms with Gasteiger partial charge < -0.3 is 9.84 Å². The molecule has 3 atom stereocenters. The Hall–Kier alpha value is -1.19. The zero-order valence-corrected chi connectivity index (χ0v) is 13.0. The van der Waals surface area contributed by atoms with Gasteiger partial charge in [0.25, 0.3) is 0 Å². The minimum atomic E-state index is -1.03. The van der Waals surface area contributed by atoms with E-state index in [1.807, 2.05) is 38.1 Å². The molecule has 3 spiro atoms. The predicted octanol–water partition coefficient (Wildman–Crippen LogP) is 2.81. The molecule has 4 aliphatic carbocycles. The Morgan fingerprint density at radius 1 is 1.14 bits per heavy atom. The quantitative estimate of drug-likeness (QED) is 0.801. The lowest BCUT2D eigenvalue weighted by atomic mass is 9.34. The van der Waals surface area contributed by atoms with Gasteiger partial charge in [-0.2, -0.15) is 0 Å². The van der Waals surface area contributed by atoms with Gasteiger partial charge in [-0.3, -0.25) is 4.79 Å². The number of hydrogen-bond acceptors (Lipinski definition) is 3. The zero-order valence-electron chi connectivity index (χ0n) is 13.0. The van der Waals surface area contributed by atoms with Gasteiger partial charge in [0.2, 0.25) is 0 Å². The smallest absolute Gasteiger partial charge is 0.169 e. The lowest BCUT2D eigenvalue weighted by molar-refractivity contribution is -0.483. The third-order valence-electron chi connectivity index (χ3n) is 7.83. The molecule has 3 saturated carbocycles. The van der Waals surface area contributed by atoms with Crippen LogP contribution in [-0.4, -0.2) is 22.1 Å². The molecule has 1 aliphatic heterocycles. The molecule has 22 heavy (non-hydrogen) atoms. The van der Waals surface area contributed by atoms with Gasteiger partial charge in [-0.1, -0.05) is 24.3 Å². The Bertz CT molecular complexity index is 771. The van der Waals surface area contributed by atoms with Crippen molar-refractivity contribution in [1.82, 2.24) is 0 Å². The molecule has 0 unspecified atom stereocenters. The number of ketones is 1. The van der Waals surface area contributed by atoms with Gasteiger partial charge in [0.15, 0.2) is 5.78 Å².